The Kier molecular flexibility index (Phi) is 10.1. The van der Waals surface area contributed by atoms with Gasteiger partial charge in [-0.05, 0) is 40.7 Å². The minimum atomic E-state index is -0.926. The molecule has 0 radical (unpaired) electrons. The van der Waals surface area contributed by atoms with E-state index in [0.29, 0.717) is 6.42 Å². The van der Waals surface area contributed by atoms with Crippen LogP contribution < -0.4 is 10.6 Å². The number of carbonyl (C=O) groups excluding carboxylic acids is 3. The van der Waals surface area contributed by atoms with Gasteiger partial charge in [-0.15, -0.1) is 13.2 Å². The summed E-state index contributed by atoms with van der Waals surface area (Å²) in [7, 11) is 0. The zero-order valence-electron chi connectivity index (χ0n) is 23.3. The summed E-state index contributed by atoms with van der Waals surface area (Å²) in [6.45, 7) is 9.24. The van der Waals surface area contributed by atoms with Crippen LogP contribution in [0.4, 0.5) is 4.79 Å². The van der Waals surface area contributed by atoms with Gasteiger partial charge in [-0.3, -0.25) is 9.59 Å². The maximum absolute atomic E-state index is 13.3. The highest BCUT2D eigenvalue weighted by Gasteiger charge is 2.30. The second-order valence-corrected chi connectivity index (χ2v) is 10.1. The van der Waals surface area contributed by atoms with Crippen molar-refractivity contribution in [2.24, 2.45) is 5.92 Å². The second-order valence-electron chi connectivity index (χ2n) is 10.1. The molecule has 1 aliphatic rings. The Morgan fingerprint density at radius 1 is 0.805 bits per heavy atom. The van der Waals surface area contributed by atoms with Gasteiger partial charge in [0.05, 0.1) is 12.0 Å². The van der Waals surface area contributed by atoms with Crippen LogP contribution in [0.25, 0.3) is 11.1 Å². The van der Waals surface area contributed by atoms with Crippen LogP contribution in [0, 0.1) is 5.92 Å². The Balaban J connectivity index is 1.40. The summed E-state index contributed by atoms with van der Waals surface area (Å²) in [4.78, 5) is 38.6. The average Bonchev–Trinajstić information content (AvgIpc) is 3.31. The van der Waals surface area contributed by atoms with E-state index in [2.05, 4.69) is 35.9 Å². The van der Waals surface area contributed by atoms with E-state index in [1.165, 1.54) is 0 Å². The number of esters is 1. The third-order valence-electron chi connectivity index (χ3n) is 7.19. The van der Waals surface area contributed by atoms with Crippen molar-refractivity contribution in [3.63, 3.8) is 0 Å². The van der Waals surface area contributed by atoms with E-state index < -0.39 is 24.1 Å². The molecule has 41 heavy (non-hydrogen) atoms. The Labute approximate surface area is 241 Å². The summed E-state index contributed by atoms with van der Waals surface area (Å²) < 4.78 is 11.2. The van der Waals surface area contributed by atoms with Crippen LogP contribution in [0.1, 0.15) is 48.4 Å². The zero-order chi connectivity index (χ0) is 29.2. The van der Waals surface area contributed by atoms with E-state index in [0.717, 1.165) is 27.8 Å². The van der Waals surface area contributed by atoms with Gasteiger partial charge in [-0.1, -0.05) is 97.9 Å². The van der Waals surface area contributed by atoms with Crippen molar-refractivity contribution < 1.29 is 23.9 Å². The van der Waals surface area contributed by atoms with Crippen molar-refractivity contribution in [3.8, 4) is 11.1 Å². The van der Waals surface area contributed by atoms with Crippen molar-refractivity contribution in [1.29, 1.82) is 0 Å². The van der Waals surface area contributed by atoms with Crippen molar-refractivity contribution in [1.82, 2.24) is 10.6 Å². The number of ether oxygens (including phenoxy) is 2. The number of nitrogens with one attached hydrogen (secondary N) is 2. The molecule has 3 unspecified atom stereocenters. The molecule has 0 saturated heterocycles. The number of carbonyl (C=O) groups is 3. The van der Waals surface area contributed by atoms with Gasteiger partial charge in [0.1, 0.15) is 19.3 Å². The number of benzene rings is 3. The van der Waals surface area contributed by atoms with Gasteiger partial charge in [0.2, 0.25) is 5.91 Å². The van der Waals surface area contributed by atoms with Crippen LogP contribution in [-0.4, -0.2) is 37.2 Å². The molecule has 0 saturated carbocycles. The SMILES string of the molecule is C=CCC(C)C(=O)OCC(NC(=O)C(CC=C)NC(=O)OCC1c2ccccc2-c2ccccc21)c1ccccc1. The fourth-order valence-corrected chi connectivity index (χ4v) is 5.01. The zero-order valence-corrected chi connectivity index (χ0v) is 23.3. The lowest BCUT2D eigenvalue weighted by molar-refractivity contribution is -0.149. The minimum absolute atomic E-state index is 0.0537. The molecule has 1 aliphatic carbocycles. The van der Waals surface area contributed by atoms with E-state index in [4.69, 9.17) is 9.47 Å². The Bertz CT molecular complexity index is 1340. The molecule has 0 fully saturated rings. The highest BCUT2D eigenvalue weighted by atomic mass is 16.5. The topological polar surface area (TPSA) is 93.7 Å². The molecule has 4 rings (SSSR count). The van der Waals surface area contributed by atoms with Gasteiger partial charge >= 0.3 is 12.1 Å². The highest BCUT2D eigenvalue weighted by Crippen LogP contribution is 2.44. The van der Waals surface area contributed by atoms with E-state index in [9.17, 15) is 14.4 Å². The average molecular weight is 553 g/mol. The van der Waals surface area contributed by atoms with Gasteiger partial charge in [0, 0.05) is 5.92 Å². The third-order valence-corrected chi connectivity index (χ3v) is 7.19. The molecule has 3 aromatic carbocycles. The Hall–Kier alpha value is -4.65. The third kappa shape index (κ3) is 7.31. The van der Waals surface area contributed by atoms with E-state index in [1.54, 1.807) is 19.1 Å². The number of fused-ring (bicyclic) bond motifs is 3. The monoisotopic (exact) mass is 552 g/mol. The standard InChI is InChI=1S/C34H36N2O5/c1-4-13-23(3)33(38)40-22-31(24-15-7-6-8-16-24)35-32(37)30(14-5-2)36-34(39)41-21-29-27-19-11-9-17-25(27)26-18-10-12-20-28(26)29/h4-12,15-20,23,29-31H,1-2,13-14,21-22H2,3H3,(H,35,37)(H,36,39). The first-order chi connectivity index (χ1) is 19.9. The van der Waals surface area contributed by atoms with E-state index >= 15 is 0 Å². The maximum Gasteiger partial charge on any atom is 0.407 e. The van der Waals surface area contributed by atoms with Crippen LogP contribution in [0.2, 0.25) is 0 Å². The summed E-state index contributed by atoms with van der Waals surface area (Å²) in [5, 5.41) is 5.60. The molecule has 0 aromatic heterocycles. The second kappa shape index (κ2) is 14.1. The highest BCUT2D eigenvalue weighted by molar-refractivity contribution is 5.86. The summed E-state index contributed by atoms with van der Waals surface area (Å²) in [6.07, 6.45) is 3.20. The van der Waals surface area contributed by atoms with Gasteiger partial charge in [0.15, 0.2) is 0 Å². The van der Waals surface area contributed by atoms with Crippen LogP contribution in [-0.2, 0) is 19.1 Å². The van der Waals surface area contributed by atoms with Crippen molar-refractivity contribution in [2.75, 3.05) is 13.2 Å². The Morgan fingerprint density at radius 3 is 2.00 bits per heavy atom. The molecule has 2 N–H and O–H groups in total. The summed E-state index contributed by atoms with van der Waals surface area (Å²) in [5.74, 6) is -1.26. The van der Waals surface area contributed by atoms with Gasteiger partial charge in [0.25, 0.3) is 0 Å². The molecule has 0 aliphatic heterocycles. The first-order valence-corrected chi connectivity index (χ1v) is 13.8. The summed E-state index contributed by atoms with van der Waals surface area (Å²) in [6, 6.07) is 23.9. The van der Waals surface area contributed by atoms with Crippen LogP contribution in [0.15, 0.2) is 104 Å². The molecule has 3 atom stereocenters. The molecule has 212 valence electrons. The quantitative estimate of drug-likeness (QED) is 0.198. The number of hydrogen-bond donors (Lipinski definition) is 2. The molecule has 7 nitrogen and oxygen atoms in total. The molecular formula is C34H36N2O5. The number of rotatable bonds is 13. The van der Waals surface area contributed by atoms with Crippen LogP contribution >= 0.6 is 0 Å². The molecule has 0 bridgehead atoms. The Morgan fingerprint density at radius 2 is 1.39 bits per heavy atom. The summed E-state index contributed by atoms with van der Waals surface area (Å²) in [5.41, 5.74) is 5.23. The molecule has 3 aromatic rings. The predicted molar refractivity (Wildman–Crippen MR) is 159 cm³/mol. The summed E-state index contributed by atoms with van der Waals surface area (Å²) >= 11 is 0. The lowest BCUT2D eigenvalue weighted by Gasteiger charge is -2.24. The number of hydrogen-bond acceptors (Lipinski definition) is 5. The first kappa shape index (κ1) is 29.3. The molecule has 0 heterocycles. The van der Waals surface area contributed by atoms with E-state index in [-0.39, 0.29) is 37.4 Å². The number of alkyl carbamates (subject to hydrolysis) is 1. The smallest absolute Gasteiger partial charge is 0.407 e. The lowest BCUT2D eigenvalue weighted by atomic mass is 9.98. The van der Waals surface area contributed by atoms with Crippen LogP contribution in [0.3, 0.4) is 0 Å². The maximum atomic E-state index is 13.3. The normalized spacial score (nSPS) is 14.0. The van der Waals surface area contributed by atoms with Crippen molar-refractivity contribution in [3.05, 3.63) is 121 Å². The first-order valence-electron chi connectivity index (χ1n) is 13.8. The number of allylic oxidation sites excluding steroid dienone is 1. The van der Waals surface area contributed by atoms with Gasteiger partial charge in [-0.25, -0.2) is 4.79 Å². The number of amides is 2. The van der Waals surface area contributed by atoms with E-state index in [1.807, 2.05) is 66.7 Å². The van der Waals surface area contributed by atoms with Crippen LogP contribution in [0.5, 0.6) is 0 Å². The molecule has 0 spiro atoms. The minimum Gasteiger partial charge on any atom is -0.463 e. The molecular weight excluding hydrogens is 516 g/mol. The largest absolute Gasteiger partial charge is 0.463 e. The molecule has 7 heteroatoms. The molecule has 2 amide bonds. The van der Waals surface area contributed by atoms with Gasteiger partial charge < -0.3 is 20.1 Å². The fourth-order valence-electron chi connectivity index (χ4n) is 5.01. The lowest BCUT2D eigenvalue weighted by Crippen LogP contribution is -2.48. The fraction of sp³-hybridized carbons (Fsp3) is 0.265. The van der Waals surface area contributed by atoms with Gasteiger partial charge in [-0.2, -0.15) is 0 Å². The van der Waals surface area contributed by atoms with Crippen molar-refractivity contribution >= 4 is 18.0 Å². The predicted octanol–water partition coefficient (Wildman–Crippen LogP) is 6.08. The van der Waals surface area contributed by atoms with Crippen molar-refractivity contribution in [2.45, 2.75) is 37.8 Å².